The molecule has 0 saturated carbocycles. The quantitative estimate of drug-likeness (QED) is 0.723. The van der Waals surface area contributed by atoms with E-state index in [0.29, 0.717) is 13.0 Å². The Morgan fingerprint density at radius 3 is 2.71 bits per heavy atom. The summed E-state index contributed by atoms with van der Waals surface area (Å²) in [6, 6.07) is 1.50. The molecule has 1 saturated heterocycles. The number of sulfonamides is 1. The third-order valence-electron chi connectivity index (χ3n) is 2.34. The molecule has 1 heterocycles. The largest absolute Gasteiger partial charge is 0.377 e. The first-order chi connectivity index (χ1) is 6.47. The summed E-state index contributed by atoms with van der Waals surface area (Å²) in [7, 11) is -3.52. The SMILES string of the molecule is CC1OCCC1NS(=O)(=O)C(C)C#N. The van der Waals surface area contributed by atoms with Crippen LogP contribution in [0.25, 0.3) is 0 Å². The molecule has 1 aliphatic heterocycles. The zero-order chi connectivity index (χ0) is 10.8. The Morgan fingerprint density at radius 1 is 1.64 bits per heavy atom. The van der Waals surface area contributed by atoms with Crippen LogP contribution in [0.5, 0.6) is 0 Å². The molecule has 0 aromatic carbocycles. The van der Waals surface area contributed by atoms with Gasteiger partial charge >= 0.3 is 0 Å². The molecule has 1 aliphatic rings. The van der Waals surface area contributed by atoms with E-state index in [9.17, 15) is 8.42 Å². The lowest BCUT2D eigenvalue weighted by Gasteiger charge is -2.16. The van der Waals surface area contributed by atoms with E-state index in [0.717, 1.165) is 0 Å². The number of hydrogen-bond acceptors (Lipinski definition) is 4. The van der Waals surface area contributed by atoms with Crippen LogP contribution < -0.4 is 4.72 Å². The van der Waals surface area contributed by atoms with E-state index in [1.807, 2.05) is 6.92 Å². The van der Waals surface area contributed by atoms with Gasteiger partial charge in [-0.1, -0.05) is 0 Å². The van der Waals surface area contributed by atoms with Gasteiger partial charge in [-0.15, -0.1) is 0 Å². The highest BCUT2D eigenvalue weighted by Gasteiger charge is 2.30. The van der Waals surface area contributed by atoms with Crippen molar-refractivity contribution in [3.63, 3.8) is 0 Å². The number of rotatable bonds is 3. The average Bonchev–Trinajstić information content (AvgIpc) is 2.50. The van der Waals surface area contributed by atoms with Crippen LogP contribution in [0.1, 0.15) is 20.3 Å². The molecule has 1 N–H and O–H groups in total. The predicted molar refractivity (Wildman–Crippen MR) is 50.9 cm³/mol. The lowest BCUT2D eigenvalue weighted by molar-refractivity contribution is 0.117. The third kappa shape index (κ3) is 2.44. The van der Waals surface area contributed by atoms with Gasteiger partial charge in [-0.25, -0.2) is 13.1 Å². The Hall–Kier alpha value is -0.640. The van der Waals surface area contributed by atoms with Crippen LogP contribution in [-0.4, -0.2) is 32.4 Å². The van der Waals surface area contributed by atoms with Crippen LogP contribution in [0.15, 0.2) is 0 Å². The van der Waals surface area contributed by atoms with Gasteiger partial charge in [-0.3, -0.25) is 0 Å². The fraction of sp³-hybridized carbons (Fsp3) is 0.875. The zero-order valence-corrected chi connectivity index (χ0v) is 9.04. The van der Waals surface area contributed by atoms with Crippen molar-refractivity contribution in [3.8, 4) is 6.07 Å². The lowest BCUT2D eigenvalue weighted by Crippen LogP contribution is -2.42. The Labute approximate surface area is 84.1 Å². The maximum absolute atomic E-state index is 11.5. The molecule has 0 aliphatic carbocycles. The summed E-state index contributed by atoms with van der Waals surface area (Å²) in [5.41, 5.74) is 0. The van der Waals surface area contributed by atoms with Gasteiger partial charge in [0.1, 0.15) is 0 Å². The monoisotopic (exact) mass is 218 g/mol. The summed E-state index contributed by atoms with van der Waals surface area (Å²) in [6.45, 7) is 3.75. The molecule has 1 fully saturated rings. The standard InChI is InChI=1S/C8H14N2O3S/c1-6(5-9)14(11,12)10-8-3-4-13-7(8)2/h6-8,10H,3-4H2,1-2H3. The van der Waals surface area contributed by atoms with E-state index in [1.165, 1.54) is 6.92 Å². The third-order valence-corrected chi connectivity index (χ3v) is 4.01. The fourth-order valence-electron chi connectivity index (χ4n) is 1.27. The fourth-order valence-corrected chi connectivity index (χ4v) is 2.34. The molecule has 3 unspecified atom stereocenters. The van der Waals surface area contributed by atoms with Crippen LogP contribution in [-0.2, 0) is 14.8 Å². The van der Waals surface area contributed by atoms with Crippen molar-refractivity contribution in [2.45, 2.75) is 37.7 Å². The molecular formula is C8H14N2O3S. The highest BCUT2D eigenvalue weighted by Crippen LogP contribution is 2.14. The second-order valence-electron chi connectivity index (χ2n) is 3.41. The molecular weight excluding hydrogens is 204 g/mol. The van der Waals surface area contributed by atoms with Crippen molar-refractivity contribution >= 4 is 10.0 Å². The van der Waals surface area contributed by atoms with Crippen LogP contribution in [0.3, 0.4) is 0 Å². The topological polar surface area (TPSA) is 79.2 Å². The molecule has 0 aromatic rings. The maximum atomic E-state index is 11.5. The minimum absolute atomic E-state index is 0.115. The van der Waals surface area contributed by atoms with Crippen LogP contribution in [0.4, 0.5) is 0 Å². The van der Waals surface area contributed by atoms with Crippen molar-refractivity contribution in [3.05, 3.63) is 0 Å². The number of nitrogens with one attached hydrogen (secondary N) is 1. The summed E-state index contributed by atoms with van der Waals surface area (Å²) < 4.78 is 30.6. The second-order valence-corrected chi connectivity index (χ2v) is 5.44. The minimum atomic E-state index is -3.52. The summed E-state index contributed by atoms with van der Waals surface area (Å²) in [6.07, 6.45) is 0.550. The highest BCUT2D eigenvalue weighted by molar-refractivity contribution is 7.90. The van der Waals surface area contributed by atoms with Gasteiger partial charge in [0.05, 0.1) is 12.2 Å². The molecule has 0 spiro atoms. The molecule has 6 heteroatoms. The average molecular weight is 218 g/mol. The Balaban J connectivity index is 2.64. The normalized spacial score (nSPS) is 29.8. The molecule has 0 bridgehead atoms. The van der Waals surface area contributed by atoms with Crippen molar-refractivity contribution in [1.82, 2.24) is 4.72 Å². The highest BCUT2D eigenvalue weighted by atomic mass is 32.2. The van der Waals surface area contributed by atoms with E-state index in [2.05, 4.69) is 4.72 Å². The van der Waals surface area contributed by atoms with Crippen LogP contribution in [0.2, 0.25) is 0 Å². The molecule has 14 heavy (non-hydrogen) atoms. The first-order valence-corrected chi connectivity index (χ1v) is 6.04. The number of nitriles is 1. The van der Waals surface area contributed by atoms with E-state index < -0.39 is 15.3 Å². The number of hydrogen-bond donors (Lipinski definition) is 1. The summed E-state index contributed by atoms with van der Waals surface area (Å²) in [4.78, 5) is 0. The van der Waals surface area contributed by atoms with Gasteiger partial charge in [-0.05, 0) is 20.3 Å². The molecule has 0 aromatic heterocycles. The van der Waals surface area contributed by atoms with E-state index >= 15 is 0 Å². The summed E-state index contributed by atoms with van der Waals surface area (Å²) in [5, 5.41) is 7.49. The summed E-state index contributed by atoms with van der Waals surface area (Å²) >= 11 is 0. The van der Waals surface area contributed by atoms with Gasteiger partial charge in [0.25, 0.3) is 0 Å². The predicted octanol–water partition coefficient (Wildman–Crippen LogP) is -0.00472. The van der Waals surface area contributed by atoms with Gasteiger partial charge in [0.2, 0.25) is 10.0 Å². The van der Waals surface area contributed by atoms with Crippen molar-refractivity contribution in [2.24, 2.45) is 0 Å². The Kier molecular flexibility index (Phi) is 3.48. The van der Waals surface area contributed by atoms with E-state index in [-0.39, 0.29) is 12.1 Å². The summed E-state index contributed by atoms with van der Waals surface area (Å²) in [5.74, 6) is 0. The first-order valence-electron chi connectivity index (χ1n) is 4.49. The van der Waals surface area contributed by atoms with E-state index in [1.54, 1.807) is 6.07 Å². The Morgan fingerprint density at radius 2 is 2.29 bits per heavy atom. The van der Waals surface area contributed by atoms with E-state index in [4.69, 9.17) is 10.00 Å². The zero-order valence-electron chi connectivity index (χ0n) is 8.23. The molecule has 1 rings (SSSR count). The number of nitrogens with zero attached hydrogens (tertiary/aromatic N) is 1. The van der Waals surface area contributed by atoms with Gasteiger partial charge in [0, 0.05) is 12.6 Å². The lowest BCUT2D eigenvalue weighted by atomic mass is 10.2. The van der Waals surface area contributed by atoms with Crippen LogP contribution >= 0.6 is 0 Å². The maximum Gasteiger partial charge on any atom is 0.228 e. The van der Waals surface area contributed by atoms with Crippen LogP contribution in [0, 0.1) is 11.3 Å². The smallest absolute Gasteiger partial charge is 0.228 e. The molecule has 80 valence electrons. The van der Waals surface area contributed by atoms with Gasteiger partial charge < -0.3 is 4.74 Å². The van der Waals surface area contributed by atoms with Gasteiger partial charge in [0.15, 0.2) is 5.25 Å². The minimum Gasteiger partial charge on any atom is -0.377 e. The second kappa shape index (κ2) is 4.26. The van der Waals surface area contributed by atoms with Crippen molar-refractivity contribution < 1.29 is 13.2 Å². The first kappa shape index (κ1) is 11.4. The number of ether oxygens (including phenoxy) is 1. The van der Waals surface area contributed by atoms with Crippen molar-refractivity contribution in [2.75, 3.05) is 6.61 Å². The van der Waals surface area contributed by atoms with Crippen molar-refractivity contribution in [1.29, 1.82) is 5.26 Å². The Bertz CT molecular complexity index is 333. The molecule has 0 amide bonds. The molecule has 5 nitrogen and oxygen atoms in total. The van der Waals surface area contributed by atoms with Gasteiger partial charge in [-0.2, -0.15) is 5.26 Å². The molecule has 0 radical (unpaired) electrons. The molecule has 3 atom stereocenters.